The fraction of sp³-hybridized carbons (Fsp3) is 0.143. The third-order valence-electron chi connectivity index (χ3n) is 0.953. The normalized spacial score (nSPS) is 7.55. The lowest BCUT2D eigenvalue weighted by molar-refractivity contribution is 0.402. The van der Waals surface area contributed by atoms with Gasteiger partial charge in [0.25, 0.3) is 0 Å². The molecule has 1 heterocycles. The van der Waals surface area contributed by atoms with Gasteiger partial charge in [-0.05, 0) is 6.07 Å². The Morgan fingerprint density at radius 2 is 2.27 bits per heavy atom. The molecule has 0 saturated carbocycles. The number of pyridine rings is 1. The van der Waals surface area contributed by atoms with Gasteiger partial charge >= 0.3 is 0 Å². The van der Waals surface area contributed by atoms with E-state index in [0.717, 1.165) is 0 Å². The van der Waals surface area contributed by atoms with Gasteiger partial charge in [-0.2, -0.15) is 0 Å². The number of hydrogen-bond acceptors (Lipinski definition) is 4. The highest BCUT2D eigenvalue weighted by atomic mass is 16.5. The number of nitriles is 1. The molecule has 0 saturated heterocycles. The van der Waals surface area contributed by atoms with Crippen molar-refractivity contribution in [2.24, 2.45) is 0 Å². The number of hydrogen-bond donors (Lipinski definition) is 1. The van der Waals surface area contributed by atoms with E-state index in [1.807, 2.05) is 0 Å². The van der Waals surface area contributed by atoms with Gasteiger partial charge in [0.05, 0.1) is 7.11 Å². The van der Waals surface area contributed by atoms with Crippen LogP contribution in [0.15, 0.2) is 18.3 Å². The van der Waals surface area contributed by atoms with Gasteiger partial charge in [-0.15, -0.1) is 0 Å². The molecule has 58 valence electrons. The Kier molecular flexibility index (Phi) is 4.25. The van der Waals surface area contributed by atoms with Crippen LogP contribution in [0, 0.1) is 11.8 Å². The minimum atomic E-state index is -0.0191. The molecule has 11 heavy (non-hydrogen) atoms. The lowest BCUT2D eigenvalue weighted by atomic mass is 10.4. The van der Waals surface area contributed by atoms with Crippen LogP contribution < -0.4 is 4.74 Å². The van der Waals surface area contributed by atoms with Crippen molar-refractivity contribution >= 4 is 0 Å². The first-order valence-corrected chi connectivity index (χ1v) is 2.78. The van der Waals surface area contributed by atoms with E-state index in [9.17, 15) is 0 Å². The monoisotopic (exact) mass is 152 g/mol. The first kappa shape index (κ1) is 9.24. The maximum Gasteiger partial charge on any atom is 0.214 e. The summed E-state index contributed by atoms with van der Waals surface area (Å²) in [6.45, 7) is 3.50. The Labute approximate surface area is 64.7 Å². The van der Waals surface area contributed by atoms with E-state index in [1.165, 1.54) is 19.4 Å². The van der Waals surface area contributed by atoms with Gasteiger partial charge in [0.15, 0.2) is 0 Å². The van der Waals surface area contributed by atoms with Gasteiger partial charge < -0.3 is 9.84 Å². The number of methoxy groups -OCH3 is 1. The number of nitrogens with zero attached hydrogens (tertiary/aromatic N) is 2. The molecule has 4 nitrogen and oxygen atoms in total. The van der Waals surface area contributed by atoms with E-state index in [1.54, 1.807) is 6.07 Å². The molecule has 0 atom stereocenters. The summed E-state index contributed by atoms with van der Waals surface area (Å²) >= 11 is 0. The van der Waals surface area contributed by atoms with E-state index in [-0.39, 0.29) is 5.88 Å². The fourth-order valence-electron chi connectivity index (χ4n) is 0.527. The van der Waals surface area contributed by atoms with Crippen LogP contribution in [-0.2, 0) is 0 Å². The first-order valence-electron chi connectivity index (χ1n) is 2.78. The lowest BCUT2D eigenvalue weighted by Gasteiger charge is -1.96. The summed E-state index contributed by atoms with van der Waals surface area (Å²) in [5.74, 6) is 0.594. The van der Waals surface area contributed by atoms with Crippen molar-refractivity contribution in [2.75, 3.05) is 7.11 Å². The van der Waals surface area contributed by atoms with Gasteiger partial charge in [-0.1, -0.05) is 0 Å². The molecule has 0 unspecified atom stereocenters. The van der Waals surface area contributed by atoms with Crippen molar-refractivity contribution in [1.29, 1.82) is 5.26 Å². The molecule has 1 aromatic heterocycles. The Bertz CT molecular complexity index is 235. The van der Waals surface area contributed by atoms with Crippen LogP contribution in [0.3, 0.4) is 0 Å². The van der Waals surface area contributed by atoms with Crippen LogP contribution in [0.25, 0.3) is 0 Å². The van der Waals surface area contributed by atoms with Gasteiger partial charge in [0, 0.05) is 18.8 Å². The molecular formula is C7H8N2O2. The van der Waals surface area contributed by atoms with Gasteiger partial charge in [0.1, 0.15) is 5.75 Å². The zero-order chi connectivity index (χ0) is 8.69. The predicted molar refractivity (Wildman–Crippen MR) is 39.1 cm³/mol. The van der Waals surface area contributed by atoms with Crippen molar-refractivity contribution in [1.82, 2.24) is 4.98 Å². The number of rotatable bonds is 1. The molecule has 0 amide bonds. The fourth-order valence-corrected chi connectivity index (χ4v) is 0.527. The van der Waals surface area contributed by atoms with E-state index in [0.29, 0.717) is 5.75 Å². The van der Waals surface area contributed by atoms with Crippen LogP contribution in [0.2, 0.25) is 0 Å². The summed E-state index contributed by atoms with van der Waals surface area (Å²) in [5, 5.41) is 15.3. The van der Waals surface area contributed by atoms with E-state index >= 15 is 0 Å². The Hall–Kier alpha value is -1.76. The molecule has 0 aliphatic carbocycles. The molecule has 0 fully saturated rings. The lowest BCUT2D eigenvalue weighted by Crippen LogP contribution is -1.81. The standard InChI is InChI=1S/C6H7NO2.CHN/c1-9-5-2-3-7-6(8)4-5;1-2/h2-4H,1H3,(H,7,8);1H. The minimum absolute atomic E-state index is 0.0191. The van der Waals surface area contributed by atoms with Crippen LogP contribution in [0.4, 0.5) is 0 Å². The predicted octanol–water partition coefficient (Wildman–Crippen LogP) is 0.936. The van der Waals surface area contributed by atoms with Crippen molar-refractivity contribution in [3.63, 3.8) is 0 Å². The summed E-state index contributed by atoms with van der Waals surface area (Å²) in [7, 11) is 1.54. The molecule has 0 aromatic carbocycles. The minimum Gasteiger partial charge on any atom is -0.497 e. The summed E-state index contributed by atoms with van der Waals surface area (Å²) in [5.41, 5.74) is 0. The van der Waals surface area contributed by atoms with Crippen LogP contribution in [0.5, 0.6) is 11.6 Å². The number of ether oxygens (including phenoxy) is 1. The average Bonchev–Trinajstić information content (AvgIpc) is 2.08. The van der Waals surface area contributed by atoms with E-state index in [2.05, 4.69) is 11.6 Å². The molecule has 0 aliphatic rings. The zero-order valence-electron chi connectivity index (χ0n) is 6.06. The molecule has 1 rings (SSSR count). The van der Waals surface area contributed by atoms with Crippen molar-refractivity contribution < 1.29 is 9.84 Å². The Morgan fingerprint density at radius 3 is 2.64 bits per heavy atom. The summed E-state index contributed by atoms with van der Waals surface area (Å²) in [4.78, 5) is 3.56. The smallest absolute Gasteiger partial charge is 0.214 e. The van der Waals surface area contributed by atoms with Crippen molar-refractivity contribution in [3.05, 3.63) is 18.3 Å². The van der Waals surface area contributed by atoms with Gasteiger partial charge in [-0.3, -0.25) is 0 Å². The average molecular weight is 152 g/mol. The van der Waals surface area contributed by atoms with E-state index < -0.39 is 0 Å². The molecule has 4 heteroatoms. The van der Waals surface area contributed by atoms with Crippen LogP contribution in [-0.4, -0.2) is 17.2 Å². The molecule has 1 aromatic rings. The molecule has 0 radical (unpaired) electrons. The third kappa shape index (κ3) is 3.06. The molecule has 0 aliphatic heterocycles. The second-order valence-electron chi connectivity index (χ2n) is 1.55. The topological polar surface area (TPSA) is 66.1 Å². The maximum absolute atomic E-state index is 8.75. The molecule has 0 bridgehead atoms. The highest BCUT2D eigenvalue weighted by molar-refractivity contribution is 5.24. The molecular weight excluding hydrogens is 144 g/mol. The highest BCUT2D eigenvalue weighted by Gasteiger charge is 1.90. The molecule has 0 spiro atoms. The van der Waals surface area contributed by atoms with Crippen LogP contribution >= 0.6 is 0 Å². The number of aromatic hydroxyl groups is 1. The summed E-state index contributed by atoms with van der Waals surface area (Å²) < 4.78 is 4.80. The molecule has 1 N–H and O–H groups in total. The third-order valence-corrected chi connectivity index (χ3v) is 0.953. The van der Waals surface area contributed by atoms with E-state index in [4.69, 9.17) is 15.1 Å². The van der Waals surface area contributed by atoms with Gasteiger partial charge in [0.2, 0.25) is 5.88 Å². The Morgan fingerprint density at radius 1 is 1.64 bits per heavy atom. The first-order chi connectivity index (χ1) is 5.33. The quantitative estimate of drug-likeness (QED) is 0.650. The largest absolute Gasteiger partial charge is 0.497 e. The second kappa shape index (κ2) is 5.06. The number of aromatic nitrogens is 1. The van der Waals surface area contributed by atoms with Gasteiger partial charge in [-0.25, -0.2) is 10.2 Å². The van der Waals surface area contributed by atoms with Crippen LogP contribution in [0.1, 0.15) is 0 Å². The maximum atomic E-state index is 8.75. The van der Waals surface area contributed by atoms with Crippen molar-refractivity contribution in [2.45, 2.75) is 0 Å². The summed E-state index contributed by atoms with van der Waals surface area (Å²) in [6.07, 6.45) is 1.48. The Balaban J connectivity index is 0.000000461. The zero-order valence-corrected chi connectivity index (χ0v) is 6.06. The second-order valence-corrected chi connectivity index (χ2v) is 1.55. The highest BCUT2D eigenvalue weighted by Crippen LogP contribution is 2.12. The van der Waals surface area contributed by atoms with Crippen molar-refractivity contribution in [3.8, 4) is 18.2 Å². The SMILES string of the molecule is C#N.COc1ccnc(O)c1. The summed E-state index contributed by atoms with van der Waals surface area (Å²) in [6, 6.07) is 3.11.